The van der Waals surface area contributed by atoms with E-state index in [4.69, 9.17) is 10.6 Å². The fourth-order valence-corrected chi connectivity index (χ4v) is 6.36. The van der Waals surface area contributed by atoms with Gasteiger partial charge in [-0.15, -0.1) is 0 Å². The smallest absolute Gasteiger partial charge is 0.344 e. The Morgan fingerprint density at radius 2 is 1.83 bits per heavy atom. The molecule has 162 valence electrons. The van der Waals surface area contributed by atoms with Crippen LogP contribution in [0.3, 0.4) is 0 Å². The van der Waals surface area contributed by atoms with Gasteiger partial charge >= 0.3 is 5.97 Å². The van der Waals surface area contributed by atoms with Crippen molar-refractivity contribution in [3.05, 3.63) is 59.9 Å². The fourth-order valence-electron chi connectivity index (χ4n) is 3.27. The van der Waals surface area contributed by atoms with E-state index in [1.807, 2.05) is 0 Å². The van der Waals surface area contributed by atoms with Crippen LogP contribution in [0.1, 0.15) is 19.4 Å². The van der Waals surface area contributed by atoms with E-state index in [-0.39, 0.29) is 23.9 Å². The number of nitrogens with zero attached hydrogens (tertiary/aromatic N) is 1. The van der Waals surface area contributed by atoms with Gasteiger partial charge in [-0.05, 0) is 55.8 Å². The van der Waals surface area contributed by atoms with Gasteiger partial charge in [0.2, 0.25) is 10.0 Å². The monoisotopic (exact) mass is 454 g/mol. The first-order valence-electron chi connectivity index (χ1n) is 9.19. The van der Waals surface area contributed by atoms with Gasteiger partial charge in [0.1, 0.15) is 24.2 Å². The lowest BCUT2D eigenvalue weighted by molar-refractivity contribution is -0.149. The highest BCUT2D eigenvalue weighted by molar-refractivity contribution is 8.00. The van der Waals surface area contributed by atoms with Gasteiger partial charge in [0.25, 0.3) is 0 Å². The van der Waals surface area contributed by atoms with Gasteiger partial charge in [-0.25, -0.2) is 17.6 Å². The zero-order valence-electron chi connectivity index (χ0n) is 16.6. The zero-order valence-corrected chi connectivity index (χ0v) is 18.2. The van der Waals surface area contributed by atoms with Gasteiger partial charge < -0.3 is 9.57 Å². The maximum atomic E-state index is 13.2. The second-order valence-corrected chi connectivity index (χ2v) is 10.9. The molecule has 2 N–H and O–H groups in total. The summed E-state index contributed by atoms with van der Waals surface area (Å²) < 4.78 is 45.5. The molecule has 1 fully saturated rings. The number of thioether (sulfide) groups is 1. The van der Waals surface area contributed by atoms with Crippen LogP contribution in [-0.2, 0) is 26.3 Å². The Hall–Kier alpha value is -2.14. The van der Waals surface area contributed by atoms with Crippen LogP contribution < -0.4 is 10.6 Å². The Bertz CT molecular complexity index is 995. The van der Waals surface area contributed by atoms with Gasteiger partial charge in [-0.3, -0.25) is 0 Å². The van der Waals surface area contributed by atoms with Crippen molar-refractivity contribution in [2.45, 2.75) is 36.1 Å². The molecule has 2 aromatic rings. The number of rotatable bonds is 6. The van der Waals surface area contributed by atoms with E-state index >= 15 is 0 Å². The summed E-state index contributed by atoms with van der Waals surface area (Å²) in [5, 5.41) is 0. The predicted molar refractivity (Wildman–Crippen MR) is 112 cm³/mol. The normalized spacial score (nSPS) is 19.3. The lowest BCUT2D eigenvalue weighted by atomic mass is 10.0. The van der Waals surface area contributed by atoms with Gasteiger partial charge in [0.05, 0.1) is 4.90 Å². The molecule has 1 aliphatic heterocycles. The average Bonchev–Trinajstić information content (AvgIpc) is 2.72. The van der Waals surface area contributed by atoms with E-state index in [1.54, 1.807) is 26.0 Å². The van der Waals surface area contributed by atoms with Crippen molar-refractivity contribution in [2.75, 3.05) is 12.3 Å². The van der Waals surface area contributed by atoms with Gasteiger partial charge in [-0.2, -0.15) is 22.0 Å². The summed E-state index contributed by atoms with van der Waals surface area (Å²) in [7, 11) is -3.96. The highest BCUT2D eigenvalue weighted by Crippen LogP contribution is 2.38. The van der Waals surface area contributed by atoms with Crippen molar-refractivity contribution in [3.63, 3.8) is 0 Å². The molecule has 0 spiro atoms. The first kappa shape index (κ1) is 22.5. The molecule has 7 nitrogen and oxygen atoms in total. The Morgan fingerprint density at radius 3 is 2.43 bits per heavy atom. The van der Waals surface area contributed by atoms with E-state index < -0.39 is 26.8 Å². The minimum absolute atomic E-state index is 0.0363. The van der Waals surface area contributed by atoms with Crippen LogP contribution in [0.25, 0.3) is 0 Å². The topological polar surface area (TPSA) is 98.9 Å². The first-order chi connectivity index (χ1) is 14.1. The molecule has 1 heterocycles. The summed E-state index contributed by atoms with van der Waals surface area (Å²) >= 11 is 1.49. The third-order valence-corrected chi connectivity index (χ3v) is 8.05. The fraction of sp³-hybridized carbons (Fsp3) is 0.350. The molecule has 0 unspecified atom stereocenters. The summed E-state index contributed by atoms with van der Waals surface area (Å²) in [4.78, 5) is 16.7. The zero-order chi connectivity index (χ0) is 21.9. The maximum absolute atomic E-state index is 13.2. The van der Waals surface area contributed by atoms with E-state index in [1.165, 1.54) is 48.2 Å². The van der Waals surface area contributed by atoms with Crippen molar-refractivity contribution in [2.24, 2.45) is 5.90 Å². The number of nitrogens with two attached hydrogens (primary N) is 1. The lowest BCUT2D eigenvalue weighted by Gasteiger charge is -2.42. The molecular weight excluding hydrogens is 431 g/mol. The number of benzene rings is 2. The maximum Gasteiger partial charge on any atom is 0.344 e. The van der Waals surface area contributed by atoms with Crippen LogP contribution in [-0.4, -0.2) is 41.8 Å². The minimum atomic E-state index is -3.96. The van der Waals surface area contributed by atoms with Crippen LogP contribution in [0.15, 0.2) is 53.4 Å². The third-order valence-electron chi connectivity index (χ3n) is 4.82. The van der Waals surface area contributed by atoms with Crippen LogP contribution in [0.2, 0.25) is 0 Å². The van der Waals surface area contributed by atoms with E-state index in [0.717, 1.165) is 9.87 Å². The molecule has 0 amide bonds. The molecular formula is C20H23FN2O5S2. The second kappa shape index (κ2) is 8.93. The molecule has 0 radical (unpaired) electrons. The minimum Gasteiger partial charge on any atom is -0.489 e. The van der Waals surface area contributed by atoms with Crippen molar-refractivity contribution >= 4 is 27.8 Å². The number of sulfonamides is 1. The van der Waals surface area contributed by atoms with Gasteiger partial charge in [-0.1, -0.05) is 12.1 Å². The largest absolute Gasteiger partial charge is 0.489 e. The molecule has 0 aromatic heterocycles. The van der Waals surface area contributed by atoms with Crippen molar-refractivity contribution in [3.8, 4) is 5.75 Å². The van der Waals surface area contributed by atoms with Crippen molar-refractivity contribution in [1.82, 2.24) is 4.31 Å². The van der Waals surface area contributed by atoms with Crippen molar-refractivity contribution < 1.29 is 27.2 Å². The molecule has 30 heavy (non-hydrogen) atoms. The lowest BCUT2D eigenvalue weighted by Crippen LogP contribution is -2.59. The molecule has 1 atom stereocenters. The van der Waals surface area contributed by atoms with E-state index in [0.29, 0.717) is 11.5 Å². The quantitative estimate of drug-likeness (QED) is 0.670. The van der Waals surface area contributed by atoms with E-state index in [2.05, 4.69) is 4.84 Å². The SMILES string of the molecule is CC1(C)SCCN(S(=O)(=O)c2ccc(OCc3ccc(F)cc3)cc2)[C@H]1C(=O)ON. The number of halogens is 1. The Kier molecular flexibility index (Phi) is 6.71. The number of ether oxygens (including phenoxy) is 1. The van der Waals surface area contributed by atoms with Crippen LogP contribution in [0.4, 0.5) is 4.39 Å². The number of hydrogen-bond donors (Lipinski definition) is 1. The predicted octanol–water partition coefficient (Wildman–Crippen LogP) is 2.71. The third kappa shape index (κ3) is 4.77. The second-order valence-electron chi connectivity index (χ2n) is 7.29. The van der Waals surface area contributed by atoms with Crippen LogP contribution in [0, 0.1) is 5.82 Å². The molecule has 3 rings (SSSR count). The highest BCUT2D eigenvalue weighted by Gasteiger charge is 2.49. The molecule has 10 heteroatoms. The first-order valence-corrected chi connectivity index (χ1v) is 11.6. The summed E-state index contributed by atoms with van der Waals surface area (Å²) in [6.07, 6.45) is 0. The number of carbonyl (C=O) groups excluding carboxylic acids is 1. The Morgan fingerprint density at radius 1 is 1.20 bits per heavy atom. The number of hydrogen-bond acceptors (Lipinski definition) is 7. The number of carbonyl (C=O) groups is 1. The van der Waals surface area contributed by atoms with Crippen molar-refractivity contribution in [1.29, 1.82) is 0 Å². The molecule has 2 aromatic carbocycles. The molecule has 0 saturated carbocycles. The van der Waals surface area contributed by atoms with Crippen LogP contribution >= 0.6 is 11.8 Å². The van der Waals surface area contributed by atoms with Crippen LogP contribution in [0.5, 0.6) is 5.75 Å². The standard InChI is InChI=1S/C20H23FN2O5S2/c1-20(2)18(19(24)28-22)23(11-12-29-20)30(25,26)17-9-7-16(8-10-17)27-13-14-3-5-15(21)6-4-14/h3-10,18H,11-13,22H2,1-2H3/t18-/m0/s1. The molecule has 1 saturated heterocycles. The molecule has 1 aliphatic rings. The Labute approximate surface area is 179 Å². The van der Waals surface area contributed by atoms with E-state index in [9.17, 15) is 17.6 Å². The summed E-state index contributed by atoms with van der Waals surface area (Å²) in [5.41, 5.74) is 0.782. The molecule has 0 aliphatic carbocycles. The average molecular weight is 455 g/mol. The summed E-state index contributed by atoms with van der Waals surface area (Å²) in [6.45, 7) is 3.95. The highest BCUT2D eigenvalue weighted by atomic mass is 32.2. The van der Waals surface area contributed by atoms with Gasteiger partial charge in [0.15, 0.2) is 0 Å². The molecule has 0 bridgehead atoms. The summed E-state index contributed by atoms with van der Waals surface area (Å²) in [5.74, 6) is 4.94. The summed E-state index contributed by atoms with van der Waals surface area (Å²) in [6, 6.07) is 10.8. The Balaban J connectivity index is 1.78. The van der Waals surface area contributed by atoms with Gasteiger partial charge in [0, 0.05) is 17.0 Å².